The van der Waals surface area contributed by atoms with Crippen molar-refractivity contribution in [3.05, 3.63) is 0 Å². The van der Waals surface area contributed by atoms with Gasteiger partial charge in [0.15, 0.2) is 0 Å². The van der Waals surface area contributed by atoms with Gasteiger partial charge in [0.25, 0.3) is 0 Å². The Morgan fingerprint density at radius 3 is 2.39 bits per heavy atom. The predicted molar refractivity (Wildman–Crippen MR) is 72.4 cm³/mol. The molecule has 0 aliphatic heterocycles. The fourth-order valence-electron chi connectivity index (χ4n) is 1.96. The Kier molecular flexibility index (Phi) is 3.51. The van der Waals surface area contributed by atoms with Gasteiger partial charge in [-0.05, 0) is 18.3 Å². The van der Waals surface area contributed by atoms with Gasteiger partial charge in [-0.25, -0.2) is 5.84 Å². The van der Waals surface area contributed by atoms with Crippen LogP contribution in [-0.4, -0.2) is 35.6 Å². The number of nitrogens with two attached hydrogens (primary N) is 1. The van der Waals surface area contributed by atoms with Crippen LogP contribution in [0.25, 0.3) is 0 Å². The molecule has 0 amide bonds. The minimum Gasteiger partial charge on any atom is -0.353 e. The second kappa shape index (κ2) is 4.93. The van der Waals surface area contributed by atoms with Crippen LogP contribution in [-0.2, 0) is 0 Å². The van der Waals surface area contributed by atoms with E-state index in [0.717, 1.165) is 6.54 Å². The summed E-state index contributed by atoms with van der Waals surface area (Å²) in [6.45, 7) is 3.16. The molecular weight excluding hydrogens is 230 g/mol. The summed E-state index contributed by atoms with van der Waals surface area (Å²) in [4.78, 5) is 14.5. The highest BCUT2D eigenvalue weighted by molar-refractivity contribution is 5.42. The summed E-state index contributed by atoms with van der Waals surface area (Å²) in [7, 11) is 3.76. The molecule has 1 aliphatic carbocycles. The highest BCUT2D eigenvalue weighted by Gasteiger charge is 2.31. The number of hydrogen-bond donors (Lipinski definition) is 3. The molecule has 7 nitrogen and oxygen atoms in total. The summed E-state index contributed by atoms with van der Waals surface area (Å²) in [5.41, 5.74) is 2.84. The number of nitrogens with zero attached hydrogens (tertiary/aromatic N) is 4. The van der Waals surface area contributed by atoms with Gasteiger partial charge in [0, 0.05) is 20.6 Å². The van der Waals surface area contributed by atoms with E-state index in [1.54, 1.807) is 0 Å². The van der Waals surface area contributed by atoms with Crippen molar-refractivity contribution in [3.8, 4) is 0 Å². The molecule has 2 rings (SSSR count). The van der Waals surface area contributed by atoms with Gasteiger partial charge in [-0.1, -0.05) is 13.3 Å². The first kappa shape index (κ1) is 12.8. The SMILES string of the molecule is CN(C)c1nc(NN)nc(NCC2(C)CCC2)n1. The summed E-state index contributed by atoms with van der Waals surface area (Å²) >= 11 is 0. The first-order valence-electron chi connectivity index (χ1n) is 6.16. The number of rotatable bonds is 5. The summed E-state index contributed by atoms with van der Waals surface area (Å²) in [6, 6.07) is 0. The van der Waals surface area contributed by atoms with Crippen LogP contribution in [0.4, 0.5) is 17.8 Å². The maximum absolute atomic E-state index is 5.36. The van der Waals surface area contributed by atoms with Gasteiger partial charge in [-0.15, -0.1) is 0 Å². The lowest BCUT2D eigenvalue weighted by atomic mass is 9.70. The molecule has 1 aromatic heterocycles. The van der Waals surface area contributed by atoms with Crippen LogP contribution in [0.2, 0.25) is 0 Å². The lowest BCUT2D eigenvalue weighted by Gasteiger charge is -2.38. The number of hydrogen-bond acceptors (Lipinski definition) is 7. The van der Waals surface area contributed by atoms with E-state index >= 15 is 0 Å². The number of anilines is 3. The van der Waals surface area contributed by atoms with Gasteiger partial charge in [0.05, 0.1) is 0 Å². The van der Waals surface area contributed by atoms with Crippen LogP contribution in [0.1, 0.15) is 26.2 Å². The maximum atomic E-state index is 5.36. The molecule has 1 aromatic rings. The molecule has 0 aromatic carbocycles. The molecule has 0 atom stereocenters. The fourth-order valence-corrected chi connectivity index (χ4v) is 1.96. The quantitative estimate of drug-likeness (QED) is 0.527. The molecule has 100 valence electrons. The van der Waals surface area contributed by atoms with E-state index in [1.165, 1.54) is 19.3 Å². The lowest BCUT2D eigenvalue weighted by molar-refractivity contribution is 0.179. The van der Waals surface area contributed by atoms with Crippen molar-refractivity contribution in [2.45, 2.75) is 26.2 Å². The van der Waals surface area contributed by atoms with E-state index in [0.29, 0.717) is 23.3 Å². The number of nitrogen functional groups attached to an aromatic ring is 1. The third-order valence-electron chi connectivity index (χ3n) is 3.39. The topological polar surface area (TPSA) is 92.0 Å². The van der Waals surface area contributed by atoms with E-state index in [4.69, 9.17) is 5.84 Å². The van der Waals surface area contributed by atoms with Crippen molar-refractivity contribution < 1.29 is 0 Å². The van der Waals surface area contributed by atoms with Crippen molar-refractivity contribution in [2.75, 3.05) is 36.3 Å². The molecule has 7 heteroatoms. The minimum atomic E-state index is 0.370. The molecule has 1 fully saturated rings. The zero-order valence-electron chi connectivity index (χ0n) is 11.2. The van der Waals surface area contributed by atoms with E-state index in [-0.39, 0.29) is 0 Å². The minimum absolute atomic E-state index is 0.370. The lowest BCUT2D eigenvalue weighted by Crippen LogP contribution is -2.34. The summed E-state index contributed by atoms with van der Waals surface area (Å²) < 4.78 is 0. The molecule has 0 saturated heterocycles. The first-order chi connectivity index (χ1) is 8.52. The maximum Gasteiger partial charge on any atom is 0.243 e. The van der Waals surface area contributed by atoms with Crippen molar-refractivity contribution in [1.29, 1.82) is 0 Å². The molecule has 18 heavy (non-hydrogen) atoms. The van der Waals surface area contributed by atoms with Crippen LogP contribution >= 0.6 is 0 Å². The average Bonchev–Trinajstić information content (AvgIpc) is 2.33. The van der Waals surface area contributed by atoms with Crippen molar-refractivity contribution in [1.82, 2.24) is 15.0 Å². The van der Waals surface area contributed by atoms with E-state index in [2.05, 4.69) is 32.6 Å². The zero-order valence-corrected chi connectivity index (χ0v) is 11.2. The predicted octanol–water partition coefficient (Wildman–Crippen LogP) is 0.825. The number of hydrazine groups is 1. The Hall–Kier alpha value is -1.63. The number of aromatic nitrogens is 3. The van der Waals surface area contributed by atoms with Gasteiger partial charge in [0.2, 0.25) is 17.8 Å². The molecule has 0 bridgehead atoms. The number of nitrogens with one attached hydrogen (secondary N) is 2. The fraction of sp³-hybridized carbons (Fsp3) is 0.727. The van der Waals surface area contributed by atoms with Gasteiger partial charge in [0.1, 0.15) is 0 Å². The first-order valence-corrected chi connectivity index (χ1v) is 6.16. The Morgan fingerprint density at radius 1 is 1.22 bits per heavy atom. The van der Waals surface area contributed by atoms with Crippen LogP contribution in [0.3, 0.4) is 0 Å². The van der Waals surface area contributed by atoms with Crippen molar-refractivity contribution in [2.24, 2.45) is 11.3 Å². The van der Waals surface area contributed by atoms with Crippen LogP contribution in [0.5, 0.6) is 0 Å². The molecule has 1 saturated carbocycles. The Balaban J connectivity index is 2.08. The van der Waals surface area contributed by atoms with Gasteiger partial charge >= 0.3 is 0 Å². The average molecular weight is 251 g/mol. The van der Waals surface area contributed by atoms with Gasteiger partial charge < -0.3 is 10.2 Å². The molecule has 1 aliphatic rings. The standard InChI is InChI=1S/C11H21N7/c1-11(5-4-6-11)7-13-8-14-9(17-12)16-10(15-8)18(2)3/h4-7,12H2,1-3H3,(H2,13,14,15,16,17). The van der Waals surface area contributed by atoms with Crippen molar-refractivity contribution >= 4 is 17.8 Å². The van der Waals surface area contributed by atoms with Gasteiger partial charge in [-0.2, -0.15) is 15.0 Å². The molecule has 0 spiro atoms. The van der Waals surface area contributed by atoms with Crippen LogP contribution in [0, 0.1) is 5.41 Å². The van der Waals surface area contributed by atoms with Crippen LogP contribution < -0.4 is 21.5 Å². The van der Waals surface area contributed by atoms with Gasteiger partial charge in [-0.3, -0.25) is 5.43 Å². The van der Waals surface area contributed by atoms with E-state index in [9.17, 15) is 0 Å². The zero-order chi connectivity index (χ0) is 13.2. The summed E-state index contributed by atoms with van der Waals surface area (Å²) in [5.74, 6) is 6.88. The smallest absolute Gasteiger partial charge is 0.243 e. The highest BCUT2D eigenvalue weighted by Crippen LogP contribution is 2.40. The second-order valence-electron chi connectivity index (χ2n) is 5.34. The van der Waals surface area contributed by atoms with Crippen LogP contribution in [0.15, 0.2) is 0 Å². The Bertz CT molecular complexity index is 414. The second-order valence-corrected chi connectivity index (χ2v) is 5.34. The molecule has 0 radical (unpaired) electrons. The molecule has 1 heterocycles. The highest BCUT2D eigenvalue weighted by atomic mass is 15.4. The van der Waals surface area contributed by atoms with E-state index in [1.807, 2.05) is 19.0 Å². The molecule has 4 N–H and O–H groups in total. The Labute approximate surface area is 107 Å². The largest absolute Gasteiger partial charge is 0.353 e. The summed E-state index contributed by atoms with van der Waals surface area (Å²) in [5, 5.41) is 3.27. The van der Waals surface area contributed by atoms with E-state index < -0.39 is 0 Å². The third kappa shape index (κ3) is 2.79. The molecule has 0 unspecified atom stereocenters. The monoisotopic (exact) mass is 251 g/mol. The third-order valence-corrected chi connectivity index (χ3v) is 3.39. The molecular formula is C11H21N7. The Morgan fingerprint density at radius 2 is 1.89 bits per heavy atom. The summed E-state index contributed by atoms with van der Waals surface area (Å²) in [6.07, 6.45) is 3.83. The normalized spacial score (nSPS) is 16.9. The van der Waals surface area contributed by atoms with Crippen molar-refractivity contribution in [3.63, 3.8) is 0 Å².